The maximum atomic E-state index is 12.4. The van der Waals surface area contributed by atoms with E-state index in [4.69, 9.17) is 0 Å². The van der Waals surface area contributed by atoms with Gasteiger partial charge in [0.05, 0.1) is 18.5 Å². The number of aromatic nitrogens is 2. The monoisotopic (exact) mass is 281 g/mol. The molecule has 2 N–H and O–H groups in total. The summed E-state index contributed by atoms with van der Waals surface area (Å²) in [6.45, 7) is -0.146. The Morgan fingerprint density at radius 2 is 2.14 bits per heavy atom. The second-order valence-electron chi connectivity index (χ2n) is 4.79. The van der Waals surface area contributed by atoms with Gasteiger partial charge in [0.1, 0.15) is 5.69 Å². The van der Waals surface area contributed by atoms with Crippen LogP contribution in [0.4, 0.5) is 5.69 Å². The van der Waals surface area contributed by atoms with Crippen LogP contribution >= 0.6 is 0 Å². The predicted octanol–water partition coefficient (Wildman–Crippen LogP) is 2.32. The molecule has 2 heterocycles. The summed E-state index contributed by atoms with van der Waals surface area (Å²) < 4.78 is 1.85. The molecule has 1 amide bonds. The Balaban J connectivity index is 1.96. The molecule has 0 fully saturated rings. The molecule has 0 aliphatic heterocycles. The first-order valence-electron chi connectivity index (χ1n) is 6.60. The Hall–Kier alpha value is -2.66. The maximum Gasteiger partial charge on any atom is 0.272 e. The minimum atomic E-state index is -0.226. The summed E-state index contributed by atoms with van der Waals surface area (Å²) in [6, 6.07) is 11.3. The molecule has 0 saturated carbocycles. The van der Waals surface area contributed by atoms with Crippen LogP contribution in [0.2, 0.25) is 0 Å². The van der Waals surface area contributed by atoms with Gasteiger partial charge in [-0.25, -0.2) is 0 Å². The Bertz CT molecular complexity index is 808. The quantitative estimate of drug-likeness (QED) is 0.774. The lowest BCUT2D eigenvalue weighted by Crippen LogP contribution is -2.16. The van der Waals surface area contributed by atoms with Gasteiger partial charge in [-0.1, -0.05) is 18.2 Å². The molecular weight excluding hydrogens is 266 g/mol. The number of benzene rings is 1. The largest absolute Gasteiger partial charge is 0.392 e. The van der Waals surface area contributed by atoms with Crippen molar-refractivity contribution in [2.45, 2.75) is 6.61 Å². The molecule has 0 aliphatic rings. The van der Waals surface area contributed by atoms with Gasteiger partial charge in [0, 0.05) is 29.7 Å². The molecule has 5 heteroatoms. The number of aliphatic hydroxyl groups excluding tert-OH is 1. The number of amides is 1. The third-order valence-corrected chi connectivity index (χ3v) is 3.51. The van der Waals surface area contributed by atoms with E-state index in [1.807, 2.05) is 41.9 Å². The number of fused-ring (bicyclic) bond motifs is 1. The lowest BCUT2D eigenvalue weighted by Gasteiger charge is -2.09. The molecule has 0 radical (unpaired) electrons. The molecule has 106 valence electrons. The summed E-state index contributed by atoms with van der Waals surface area (Å²) in [7, 11) is 1.85. The summed E-state index contributed by atoms with van der Waals surface area (Å²) in [4.78, 5) is 16.4. The van der Waals surface area contributed by atoms with Gasteiger partial charge < -0.3 is 15.0 Å². The van der Waals surface area contributed by atoms with Crippen molar-refractivity contribution in [3.63, 3.8) is 0 Å². The number of hydrogen-bond acceptors (Lipinski definition) is 3. The van der Waals surface area contributed by atoms with Gasteiger partial charge in [-0.3, -0.25) is 9.78 Å². The lowest BCUT2D eigenvalue weighted by atomic mass is 10.2. The maximum absolute atomic E-state index is 12.4. The molecular formula is C16H15N3O2. The van der Waals surface area contributed by atoms with Gasteiger partial charge in [-0.15, -0.1) is 0 Å². The third kappa shape index (κ3) is 2.39. The zero-order valence-corrected chi connectivity index (χ0v) is 11.6. The molecule has 0 saturated heterocycles. The van der Waals surface area contributed by atoms with E-state index in [1.165, 1.54) is 6.20 Å². The van der Waals surface area contributed by atoms with E-state index in [-0.39, 0.29) is 12.5 Å². The van der Waals surface area contributed by atoms with Crippen LogP contribution < -0.4 is 5.32 Å². The van der Waals surface area contributed by atoms with E-state index in [0.29, 0.717) is 16.9 Å². The van der Waals surface area contributed by atoms with E-state index < -0.39 is 0 Å². The van der Waals surface area contributed by atoms with E-state index in [1.54, 1.807) is 12.3 Å². The summed E-state index contributed by atoms with van der Waals surface area (Å²) in [5.74, 6) is -0.226. The number of carbonyl (C=O) groups is 1. The Morgan fingerprint density at radius 1 is 1.33 bits per heavy atom. The smallest absolute Gasteiger partial charge is 0.272 e. The number of nitrogens with zero attached hydrogens (tertiary/aromatic N) is 2. The minimum absolute atomic E-state index is 0.146. The highest BCUT2D eigenvalue weighted by Gasteiger charge is 2.14. The van der Waals surface area contributed by atoms with E-state index in [2.05, 4.69) is 10.3 Å². The number of pyridine rings is 1. The molecule has 5 nitrogen and oxygen atoms in total. The summed E-state index contributed by atoms with van der Waals surface area (Å²) >= 11 is 0. The normalized spacial score (nSPS) is 10.8. The van der Waals surface area contributed by atoms with Crippen LogP contribution in [0.15, 0.2) is 48.8 Å². The molecule has 3 rings (SSSR count). The van der Waals surface area contributed by atoms with Crippen molar-refractivity contribution in [2.24, 2.45) is 7.05 Å². The lowest BCUT2D eigenvalue weighted by molar-refractivity contribution is 0.101. The van der Waals surface area contributed by atoms with Crippen LogP contribution in [0.3, 0.4) is 0 Å². The van der Waals surface area contributed by atoms with Crippen molar-refractivity contribution >= 4 is 22.5 Å². The second kappa shape index (κ2) is 5.38. The standard InChI is InChI=1S/C16H15N3O2/c1-19-14-5-3-2-4-11(14)8-15(19)16(21)18-13-9-17-7-6-12(13)10-20/h2-9,20H,10H2,1H3,(H,18,21). The van der Waals surface area contributed by atoms with Crippen molar-refractivity contribution in [1.29, 1.82) is 0 Å². The third-order valence-electron chi connectivity index (χ3n) is 3.51. The van der Waals surface area contributed by atoms with Gasteiger partial charge in [0.25, 0.3) is 5.91 Å². The first-order valence-corrected chi connectivity index (χ1v) is 6.60. The zero-order valence-electron chi connectivity index (χ0n) is 11.6. The fourth-order valence-corrected chi connectivity index (χ4v) is 2.37. The van der Waals surface area contributed by atoms with Crippen molar-refractivity contribution in [3.05, 3.63) is 60.0 Å². The Morgan fingerprint density at radius 3 is 2.90 bits per heavy atom. The average Bonchev–Trinajstić information content (AvgIpc) is 2.85. The zero-order chi connectivity index (χ0) is 14.8. The molecule has 0 atom stereocenters. The molecule has 0 bridgehead atoms. The molecule has 21 heavy (non-hydrogen) atoms. The fourth-order valence-electron chi connectivity index (χ4n) is 2.37. The first-order chi connectivity index (χ1) is 10.2. The van der Waals surface area contributed by atoms with Gasteiger partial charge in [0.2, 0.25) is 0 Å². The van der Waals surface area contributed by atoms with Crippen LogP contribution in [0.1, 0.15) is 16.1 Å². The van der Waals surface area contributed by atoms with Gasteiger partial charge in [0.15, 0.2) is 0 Å². The average molecular weight is 281 g/mol. The van der Waals surface area contributed by atoms with E-state index in [9.17, 15) is 9.90 Å². The highest BCUT2D eigenvalue weighted by molar-refractivity contribution is 6.06. The van der Waals surface area contributed by atoms with E-state index >= 15 is 0 Å². The fraction of sp³-hybridized carbons (Fsp3) is 0.125. The number of hydrogen-bond donors (Lipinski definition) is 2. The predicted molar refractivity (Wildman–Crippen MR) is 81.0 cm³/mol. The number of carbonyl (C=O) groups excluding carboxylic acids is 1. The number of nitrogens with one attached hydrogen (secondary N) is 1. The second-order valence-corrected chi connectivity index (χ2v) is 4.79. The minimum Gasteiger partial charge on any atom is -0.392 e. The van der Waals surface area contributed by atoms with Crippen LogP contribution in [0.5, 0.6) is 0 Å². The Labute approximate surface area is 121 Å². The Kier molecular flexibility index (Phi) is 3.41. The SMILES string of the molecule is Cn1c(C(=O)Nc2cnccc2CO)cc2ccccc21. The van der Waals surface area contributed by atoms with Crippen LogP contribution in [0, 0.1) is 0 Å². The molecule has 3 aromatic rings. The highest BCUT2D eigenvalue weighted by atomic mass is 16.3. The van der Waals surface area contributed by atoms with Crippen molar-refractivity contribution < 1.29 is 9.90 Å². The highest BCUT2D eigenvalue weighted by Crippen LogP contribution is 2.20. The topological polar surface area (TPSA) is 67.2 Å². The van der Waals surface area contributed by atoms with Gasteiger partial charge >= 0.3 is 0 Å². The van der Waals surface area contributed by atoms with Crippen LogP contribution in [-0.2, 0) is 13.7 Å². The summed E-state index contributed by atoms with van der Waals surface area (Å²) in [6.07, 6.45) is 3.12. The molecule has 0 spiro atoms. The van der Waals surface area contributed by atoms with Crippen molar-refractivity contribution in [3.8, 4) is 0 Å². The number of para-hydroxylation sites is 1. The van der Waals surface area contributed by atoms with Crippen molar-refractivity contribution in [2.75, 3.05) is 5.32 Å². The summed E-state index contributed by atoms with van der Waals surface area (Å²) in [5.41, 5.74) is 2.72. The summed E-state index contributed by atoms with van der Waals surface area (Å²) in [5, 5.41) is 13.1. The number of anilines is 1. The van der Waals surface area contributed by atoms with Gasteiger partial charge in [-0.05, 0) is 18.2 Å². The first kappa shape index (κ1) is 13.3. The molecule has 1 aromatic carbocycles. The molecule has 0 aliphatic carbocycles. The van der Waals surface area contributed by atoms with Gasteiger partial charge in [-0.2, -0.15) is 0 Å². The molecule has 0 unspecified atom stereocenters. The van der Waals surface area contributed by atoms with Crippen LogP contribution in [0.25, 0.3) is 10.9 Å². The van der Waals surface area contributed by atoms with E-state index in [0.717, 1.165) is 10.9 Å². The number of aryl methyl sites for hydroxylation is 1. The van der Waals surface area contributed by atoms with Crippen LogP contribution in [-0.4, -0.2) is 20.6 Å². The van der Waals surface area contributed by atoms with Crippen molar-refractivity contribution in [1.82, 2.24) is 9.55 Å². The number of aliphatic hydroxyl groups is 1. The molecule has 2 aromatic heterocycles. The number of rotatable bonds is 3.